The molecule has 1 aromatic heterocycles. The van der Waals surface area contributed by atoms with Crippen LogP contribution in [0.25, 0.3) is 0 Å². The molecule has 0 spiro atoms. The number of aromatic nitrogens is 1. The average Bonchev–Trinajstić information content (AvgIpc) is 2.60. The van der Waals surface area contributed by atoms with Crippen molar-refractivity contribution in [2.45, 2.75) is 25.8 Å². The van der Waals surface area contributed by atoms with Gasteiger partial charge in [0.1, 0.15) is 11.5 Å². The number of nitrogens with one attached hydrogen (secondary N) is 1. The average molecular weight is 240 g/mol. The molecule has 0 bridgehead atoms. The highest BCUT2D eigenvalue weighted by Crippen LogP contribution is 2.22. The number of hydrogen-bond acceptors (Lipinski definition) is 3. The molecule has 4 nitrogen and oxygen atoms in total. The van der Waals surface area contributed by atoms with Gasteiger partial charge in [-0.15, -0.1) is 0 Å². The van der Waals surface area contributed by atoms with Gasteiger partial charge in [-0.05, 0) is 6.92 Å². The molecule has 0 saturated heterocycles. The molecule has 0 aromatic carbocycles. The molecule has 8 heteroatoms. The van der Waals surface area contributed by atoms with E-state index in [0.29, 0.717) is 5.76 Å². The molecule has 0 unspecified atom stereocenters. The van der Waals surface area contributed by atoms with E-state index in [4.69, 9.17) is 0 Å². The summed E-state index contributed by atoms with van der Waals surface area (Å²) in [4.78, 5) is 10.7. The van der Waals surface area contributed by atoms with Crippen molar-refractivity contribution < 1.29 is 26.9 Å². The zero-order valence-corrected chi connectivity index (χ0v) is 8.14. The highest BCUT2D eigenvalue weighted by Gasteiger charge is 2.48. The summed E-state index contributed by atoms with van der Waals surface area (Å²) in [5, 5.41) is 5.03. The molecule has 1 N–H and O–H groups in total. The number of nitrogens with zero attached hydrogens (tertiary/aromatic N) is 1. The summed E-state index contributed by atoms with van der Waals surface area (Å²) >= 11 is 0. The van der Waals surface area contributed by atoms with Gasteiger partial charge < -0.3 is 9.84 Å². The Kier molecular flexibility index (Phi) is 3.51. The van der Waals surface area contributed by atoms with Crippen molar-refractivity contribution in [1.29, 1.82) is 0 Å². The van der Waals surface area contributed by atoms with Crippen molar-refractivity contribution in [2.75, 3.05) is 0 Å². The molecule has 0 aliphatic rings. The van der Waals surface area contributed by atoms with Crippen molar-refractivity contribution in [3.63, 3.8) is 0 Å². The van der Waals surface area contributed by atoms with Crippen LogP contribution >= 0.6 is 0 Å². The number of amides is 1. The van der Waals surface area contributed by atoms with Crippen LogP contribution in [-0.2, 0) is 11.3 Å². The van der Waals surface area contributed by atoms with Gasteiger partial charge in [-0.3, -0.25) is 4.79 Å². The van der Waals surface area contributed by atoms with E-state index in [-0.39, 0.29) is 5.69 Å². The van der Waals surface area contributed by atoms with Gasteiger partial charge in [0.2, 0.25) is 0 Å². The smallest absolute Gasteiger partial charge is 0.361 e. The van der Waals surface area contributed by atoms with E-state index in [2.05, 4.69) is 9.68 Å². The number of aryl methyl sites for hydroxylation is 1. The number of carbonyl (C=O) groups is 1. The lowest BCUT2D eigenvalue weighted by molar-refractivity contribution is -0.169. The summed E-state index contributed by atoms with van der Waals surface area (Å²) < 4.78 is 53.0. The van der Waals surface area contributed by atoms with Crippen LogP contribution in [0.1, 0.15) is 11.5 Å². The quantitative estimate of drug-likeness (QED) is 0.811. The maximum absolute atomic E-state index is 12.4. The van der Waals surface area contributed by atoms with Gasteiger partial charge in [0.15, 0.2) is 0 Å². The Morgan fingerprint density at radius 1 is 1.62 bits per heavy atom. The van der Waals surface area contributed by atoms with Crippen LogP contribution in [0.2, 0.25) is 0 Å². The predicted molar refractivity (Wildman–Crippen MR) is 44.0 cm³/mol. The first-order chi connectivity index (χ1) is 7.34. The lowest BCUT2D eigenvalue weighted by Gasteiger charge is -2.13. The molecule has 0 aliphatic heterocycles. The highest BCUT2D eigenvalue weighted by molar-refractivity contribution is 5.83. The Hall–Kier alpha value is -1.60. The Labute approximate surface area is 87.6 Å². The van der Waals surface area contributed by atoms with Crippen LogP contribution in [0.5, 0.6) is 0 Å². The second-order valence-electron chi connectivity index (χ2n) is 3.04. The van der Waals surface area contributed by atoms with Crippen LogP contribution in [0, 0.1) is 6.92 Å². The molecular weight excluding hydrogens is 232 g/mol. The van der Waals surface area contributed by atoms with Crippen molar-refractivity contribution in [3.8, 4) is 0 Å². The second kappa shape index (κ2) is 4.50. The largest absolute Gasteiger partial charge is 0.383 e. The normalized spacial score (nSPS) is 11.9. The van der Waals surface area contributed by atoms with Crippen LogP contribution in [0.4, 0.5) is 17.6 Å². The Bertz CT molecular complexity index is 378. The van der Waals surface area contributed by atoms with Gasteiger partial charge in [-0.1, -0.05) is 5.16 Å². The molecule has 1 rings (SSSR count). The number of hydrogen-bond donors (Lipinski definition) is 1. The van der Waals surface area contributed by atoms with Crippen LogP contribution in [-0.4, -0.2) is 23.4 Å². The van der Waals surface area contributed by atoms with E-state index in [1.807, 2.05) is 0 Å². The van der Waals surface area contributed by atoms with Crippen LogP contribution in [0.15, 0.2) is 10.6 Å². The molecule has 1 heterocycles. The summed E-state index contributed by atoms with van der Waals surface area (Å²) in [6.07, 6.45) is -4.04. The lowest BCUT2D eigenvalue weighted by Crippen LogP contribution is -2.44. The zero-order chi connectivity index (χ0) is 12.3. The summed E-state index contributed by atoms with van der Waals surface area (Å²) in [6, 6.07) is 1.39. The molecule has 0 saturated carbocycles. The molecule has 1 aromatic rings. The van der Waals surface area contributed by atoms with E-state index in [0.717, 1.165) is 0 Å². The zero-order valence-electron chi connectivity index (χ0n) is 8.14. The van der Waals surface area contributed by atoms with Crippen molar-refractivity contribution in [2.24, 2.45) is 0 Å². The van der Waals surface area contributed by atoms with Gasteiger partial charge in [0.25, 0.3) is 5.91 Å². The third-order valence-corrected chi connectivity index (χ3v) is 1.68. The number of halogens is 4. The van der Waals surface area contributed by atoms with Gasteiger partial charge >= 0.3 is 12.3 Å². The summed E-state index contributed by atoms with van der Waals surface area (Å²) in [6.45, 7) is 1.17. The summed E-state index contributed by atoms with van der Waals surface area (Å²) in [7, 11) is 0. The number of alkyl halides is 4. The van der Waals surface area contributed by atoms with E-state index in [9.17, 15) is 22.4 Å². The van der Waals surface area contributed by atoms with E-state index >= 15 is 0 Å². The Morgan fingerprint density at radius 2 is 2.25 bits per heavy atom. The number of carbonyl (C=O) groups excluding carboxylic acids is 1. The fraction of sp³-hybridized carbons (Fsp3) is 0.500. The Balaban J connectivity index is 2.53. The second-order valence-corrected chi connectivity index (χ2v) is 3.04. The SMILES string of the molecule is Cc1cc(CNC(=O)C(F)(F)C(F)F)no1. The monoisotopic (exact) mass is 240 g/mol. The molecule has 0 atom stereocenters. The van der Waals surface area contributed by atoms with Gasteiger partial charge in [0.05, 0.1) is 6.54 Å². The fourth-order valence-electron chi connectivity index (χ4n) is 0.889. The maximum atomic E-state index is 12.4. The van der Waals surface area contributed by atoms with Crippen molar-refractivity contribution in [1.82, 2.24) is 10.5 Å². The minimum atomic E-state index is -4.70. The third-order valence-electron chi connectivity index (χ3n) is 1.68. The first-order valence-electron chi connectivity index (χ1n) is 4.20. The molecule has 0 fully saturated rings. The fourth-order valence-corrected chi connectivity index (χ4v) is 0.889. The number of rotatable bonds is 4. The van der Waals surface area contributed by atoms with Gasteiger partial charge in [0, 0.05) is 6.07 Å². The summed E-state index contributed by atoms with van der Waals surface area (Å²) in [5.41, 5.74) is 0.177. The Morgan fingerprint density at radius 3 is 2.69 bits per heavy atom. The van der Waals surface area contributed by atoms with Crippen molar-refractivity contribution in [3.05, 3.63) is 17.5 Å². The minimum Gasteiger partial charge on any atom is -0.361 e. The predicted octanol–water partition coefficient (Wildman–Crippen LogP) is 1.50. The molecule has 1 amide bonds. The first-order valence-corrected chi connectivity index (χ1v) is 4.20. The molecular formula is C8H8F4N2O2. The van der Waals surface area contributed by atoms with Crippen LogP contribution in [0.3, 0.4) is 0 Å². The van der Waals surface area contributed by atoms with E-state index in [1.165, 1.54) is 6.07 Å². The van der Waals surface area contributed by atoms with E-state index < -0.39 is 24.8 Å². The van der Waals surface area contributed by atoms with Gasteiger partial charge in [-0.2, -0.15) is 8.78 Å². The molecule has 0 radical (unpaired) electrons. The summed E-state index contributed by atoms with van der Waals surface area (Å²) in [5.74, 6) is -6.31. The van der Waals surface area contributed by atoms with Crippen molar-refractivity contribution >= 4 is 5.91 Å². The molecule has 0 aliphatic carbocycles. The first kappa shape index (κ1) is 12.5. The third kappa shape index (κ3) is 2.71. The maximum Gasteiger partial charge on any atom is 0.383 e. The topological polar surface area (TPSA) is 55.1 Å². The molecule has 16 heavy (non-hydrogen) atoms. The van der Waals surface area contributed by atoms with Crippen LogP contribution < -0.4 is 5.32 Å². The molecule has 90 valence electrons. The standard InChI is InChI=1S/C8H8F4N2O2/c1-4-2-5(14-16-4)3-13-7(15)8(11,12)6(9)10/h2,6H,3H2,1H3,(H,13,15). The minimum absolute atomic E-state index is 0.177. The highest BCUT2D eigenvalue weighted by atomic mass is 19.3. The van der Waals surface area contributed by atoms with E-state index in [1.54, 1.807) is 12.2 Å². The lowest BCUT2D eigenvalue weighted by atomic mass is 10.3. The van der Waals surface area contributed by atoms with Gasteiger partial charge in [-0.25, -0.2) is 8.78 Å².